The summed E-state index contributed by atoms with van der Waals surface area (Å²) in [5.74, 6) is 0. The molecule has 1 heterocycles. The van der Waals surface area contributed by atoms with Gasteiger partial charge in [0.25, 0.3) is 0 Å². The smallest absolute Gasteiger partial charge is 0.0729 e. The largest absolute Gasteiger partial charge is 0.375 e. The normalized spacial score (nSPS) is 12.5. The van der Waals surface area contributed by atoms with Gasteiger partial charge < -0.3 is 11.1 Å². The molecule has 2 rings (SSSR count). The summed E-state index contributed by atoms with van der Waals surface area (Å²) in [6, 6.07) is 8.55. The molecule has 1 aromatic heterocycles. The van der Waals surface area contributed by atoms with Gasteiger partial charge in [-0.1, -0.05) is 6.07 Å². The summed E-state index contributed by atoms with van der Waals surface area (Å²) in [6.07, 6.45) is 0. The van der Waals surface area contributed by atoms with Gasteiger partial charge in [-0.05, 0) is 69.5 Å². The highest BCUT2D eigenvalue weighted by atomic mass is 79.9. The van der Waals surface area contributed by atoms with E-state index in [-0.39, 0.29) is 6.04 Å². The third kappa shape index (κ3) is 3.60. The Kier molecular flexibility index (Phi) is 5.06. The van der Waals surface area contributed by atoms with Crippen LogP contribution in [0, 0.1) is 13.8 Å². The highest BCUT2D eigenvalue weighted by molar-refractivity contribution is 9.11. The zero-order valence-corrected chi connectivity index (χ0v) is 14.8. The maximum atomic E-state index is 5.91. The van der Waals surface area contributed by atoms with E-state index in [1.54, 1.807) is 11.3 Å². The Hall–Kier alpha value is -0.360. The van der Waals surface area contributed by atoms with Crippen molar-refractivity contribution >= 4 is 48.9 Å². The van der Waals surface area contributed by atoms with Crippen LogP contribution in [0.5, 0.6) is 0 Å². The van der Waals surface area contributed by atoms with Gasteiger partial charge in [0.1, 0.15) is 0 Å². The van der Waals surface area contributed by atoms with E-state index in [1.165, 1.54) is 15.3 Å². The first-order chi connectivity index (χ1) is 9.01. The van der Waals surface area contributed by atoms with Crippen LogP contribution in [0.1, 0.15) is 21.4 Å². The number of nitrogens with two attached hydrogens (primary N) is 1. The van der Waals surface area contributed by atoms with E-state index in [4.69, 9.17) is 5.73 Å². The Morgan fingerprint density at radius 1 is 1.21 bits per heavy atom. The van der Waals surface area contributed by atoms with Gasteiger partial charge in [0.15, 0.2) is 0 Å². The van der Waals surface area contributed by atoms with Crippen molar-refractivity contribution in [3.05, 3.63) is 48.5 Å². The number of nitrogens with one attached hydrogen (secondary N) is 1. The van der Waals surface area contributed by atoms with E-state index in [9.17, 15) is 0 Å². The first-order valence-corrected chi connectivity index (χ1v) is 8.40. The lowest BCUT2D eigenvalue weighted by Gasteiger charge is -2.18. The topological polar surface area (TPSA) is 38.0 Å². The summed E-state index contributed by atoms with van der Waals surface area (Å²) >= 11 is 8.90. The van der Waals surface area contributed by atoms with Crippen LogP contribution in [0.2, 0.25) is 0 Å². The van der Waals surface area contributed by atoms with Gasteiger partial charge in [0, 0.05) is 30.9 Å². The zero-order chi connectivity index (χ0) is 14.0. The average molecular weight is 404 g/mol. The third-order valence-corrected chi connectivity index (χ3v) is 5.85. The third-order valence-electron chi connectivity index (χ3n) is 2.91. The molecule has 3 N–H and O–H groups in total. The monoisotopic (exact) mass is 402 g/mol. The molecular weight excluding hydrogens is 388 g/mol. The standard InChI is InChI=1S/C14H16Br2N2S/c1-8-3-4-10(15)12(5-8)18-13(7-17)14-6-11(16)9(2)19-14/h3-6,13,18H,7,17H2,1-2H3. The van der Waals surface area contributed by atoms with E-state index in [0.717, 1.165) is 14.6 Å². The molecule has 102 valence electrons. The molecule has 0 saturated heterocycles. The van der Waals surface area contributed by atoms with E-state index in [1.807, 2.05) is 0 Å². The molecule has 0 radical (unpaired) electrons. The minimum Gasteiger partial charge on any atom is -0.375 e. The molecule has 0 saturated carbocycles. The summed E-state index contributed by atoms with van der Waals surface area (Å²) in [7, 11) is 0. The summed E-state index contributed by atoms with van der Waals surface area (Å²) in [5, 5.41) is 3.51. The lowest BCUT2D eigenvalue weighted by molar-refractivity contribution is 0.804. The van der Waals surface area contributed by atoms with Crippen LogP contribution in [0.25, 0.3) is 0 Å². The number of hydrogen-bond acceptors (Lipinski definition) is 3. The lowest BCUT2D eigenvalue weighted by Crippen LogP contribution is -2.19. The minimum atomic E-state index is 0.132. The van der Waals surface area contributed by atoms with E-state index in [0.29, 0.717) is 6.54 Å². The Balaban J connectivity index is 2.26. The molecule has 0 aliphatic carbocycles. The quantitative estimate of drug-likeness (QED) is 0.753. The van der Waals surface area contributed by atoms with Gasteiger partial charge in [0.2, 0.25) is 0 Å². The number of thiophene rings is 1. The summed E-state index contributed by atoms with van der Waals surface area (Å²) < 4.78 is 2.21. The number of anilines is 1. The maximum Gasteiger partial charge on any atom is 0.0729 e. The average Bonchev–Trinajstić information content (AvgIpc) is 2.70. The summed E-state index contributed by atoms with van der Waals surface area (Å²) in [5.41, 5.74) is 8.22. The van der Waals surface area contributed by atoms with Crippen molar-refractivity contribution in [2.24, 2.45) is 5.73 Å². The molecule has 5 heteroatoms. The Bertz CT molecular complexity index is 561. The van der Waals surface area contributed by atoms with Gasteiger partial charge in [-0.25, -0.2) is 0 Å². The van der Waals surface area contributed by atoms with Crippen LogP contribution in [-0.4, -0.2) is 6.54 Å². The van der Waals surface area contributed by atoms with E-state index >= 15 is 0 Å². The SMILES string of the molecule is Cc1ccc(Br)c(NC(CN)c2cc(Br)c(C)s2)c1. The molecule has 0 aliphatic rings. The van der Waals surface area contributed by atoms with Gasteiger partial charge in [-0.2, -0.15) is 0 Å². The number of benzene rings is 1. The molecule has 0 amide bonds. The predicted octanol–water partition coefficient (Wildman–Crippen LogP) is 5.00. The molecule has 0 bridgehead atoms. The molecule has 0 spiro atoms. The fourth-order valence-corrected chi connectivity index (χ4v) is 3.82. The molecule has 1 aromatic carbocycles. The second kappa shape index (κ2) is 6.39. The Labute approximate surface area is 134 Å². The fourth-order valence-electron chi connectivity index (χ4n) is 1.84. The van der Waals surface area contributed by atoms with Crippen molar-refractivity contribution in [1.82, 2.24) is 0 Å². The van der Waals surface area contributed by atoms with Crippen LogP contribution >= 0.6 is 43.2 Å². The number of aryl methyl sites for hydroxylation is 2. The molecule has 19 heavy (non-hydrogen) atoms. The van der Waals surface area contributed by atoms with Crippen molar-refractivity contribution in [2.75, 3.05) is 11.9 Å². The first kappa shape index (κ1) is 15.0. The Morgan fingerprint density at radius 2 is 1.95 bits per heavy atom. The van der Waals surface area contributed by atoms with Crippen molar-refractivity contribution in [1.29, 1.82) is 0 Å². The van der Waals surface area contributed by atoms with Crippen LogP contribution in [0.4, 0.5) is 5.69 Å². The first-order valence-electron chi connectivity index (χ1n) is 6.00. The molecule has 0 aliphatic heterocycles. The van der Waals surface area contributed by atoms with Gasteiger partial charge in [0.05, 0.1) is 6.04 Å². The Morgan fingerprint density at radius 3 is 2.53 bits per heavy atom. The van der Waals surface area contributed by atoms with Crippen molar-refractivity contribution in [2.45, 2.75) is 19.9 Å². The second-order valence-corrected chi connectivity index (χ2v) is 7.47. The fraction of sp³-hybridized carbons (Fsp3) is 0.286. The van der Waals surface area contributed by atoms with Crippen molar-refractivity contribution < 1.29 is 0 Å². The van der Waals surface area contributed by atoms with Crippen molar-refractivity contribution in [3.63, 3.8) is 0 Å². The maximum absolute atomic E-state index is 5.91. The van der Waals surface area contributed by atoms with Crippen LogP contribution in [-0.2, 0) is 0 Å². The lowest BCUT2D eigenvalue weighted by atomic mass is 10.2. The van der Waals surface area contributed by atoms with E-state index in [2.05, 4.69) is 75.3 Å². The highest BCUT2D eigenvalue weighted by Gasteiger charge is 2.15. The molecule has 2 nitrogen and oxygen atoms in total. The van der Waals surface area contributed by atoms with Crippen molar-refractivity contribution in [3.8, 4) is 0 Å². The molecule has 1 atom stereocenters. The second-order valence-electron chi connectivity index (χ2n) is 4.47. The summed E-state index contributed by atoms with van der Waals surface area (Å²) in [4.78, 5) is 2.53. The van der Waals surface area contributed by atoms with E-state index < -0.39 is 0 Å². The van der Waals surface area contributed by atoms with Crippen LogP contribution in [0.15, 0.2) is 33.2 Å². The molecule has 2 aromatic rings. The zero-order valence-electron chi connectivity index (χ0n) is 10.8. The number of hydrogen-bond donors (Lipinski definition) is 2. The molecule has 0 fully saturated rings. The number of halogens is 2. The van der Waals surface area contributed by atoms with Gasteiger partial charge in [-0.3, -0.25) is 0 Å². The van der Waals surface area contributed by atoms with Gasteiger partial charge in [-0.15, -0.1) is 11.3 Å². The number of rotatable bonds is 4. The molecule has 1 unspecified atom stereocenters. The molecular formula is C14H16Br2N2S. The summed E-state index contributed by atoms with van der Waals surface area (Å²) in [6.45, 7) is 4.75. The predicted molar refractivity (Wildman–Crippen MR) is 91.1 cm³/mol. The van der Waals surface area contributed by atoms with Gasteiger partial charge >= 0.3 is 0 Å². The highest BCUT2D eigenvalue weighted by Crippen LogP contribution is 2.33. The minimum absolute atomic E-state index is 0.132. The van der Waals surface area contributed by atoms with Crippen LogP contribution in [0.3, 0.4) is 0 Å². The van der Waals surface area contributed by atoms with Crippen LogP contribution < -0.4 is 11.1 Å².